The van der Waals surface area contributed by atoms with E-state index in [1.54, 1.807) is 12.5 Å². The Morgan fingerprint density at radius 2 is 1.93 bits per heavy atom. The van der Waals surface area contributed by atoms with Crippen molar-refractivity contribution < 1.29 is 4.42 Å². The fourth-order valence-corrected chi connectivity index (χ4v) is 1.62. The van der Waals surface area contributed by atoms with Gasteiger partial charge >= 0.3 is 0 Å². The van der Waals surface area contributed by atoms with Gasteiger partial charge < -0.3 is 4.42 Å². The van der Waals surface area contributed by atoms with Crippen LogP contribution < -0.4 is 0 Å². The molecule has 2 aromatic heterocycles. The molecule has 72 valence electrons. The van der Waals surface area contributed by atoms with E-state index in [0.29, 0.717) is 0 Å². The minimum absolute atomic E-state index is 0.836. The van der Waals surface area contributed by atoms with Gasteiger partial charge in [0.25, 0.3) is 0 Å². The zero-order chi connectivity index (χ0) is 10.1. The number of para-hydroxylation sites is 1. The number of rotatable bonds is 1. The molecule has 0 aliphatic rings. The monoisotopic (exact) mass is 196 g/mol. The maximum absolute atomic E-state index is 5.44. The lowest BCUT2D eigenvalue weighted by Gasteiger charge is -1.94. The molecule has 1 aromatic carbocycles. The number of benzene rings is 1. The zero-order valence-electron chi connectivity index (χ0n) is 7.92. The molecule has 3 rings (SSSR count). The van der Waals surface area contributed by atoms with Crippen LogP contribution in [0.15, 0.2) is 53.3 Å². The number of aromatic nitrogens is 2. The SMILES string of the molecule is c1cnnc(-c2coc3ccccc23)c1. The van der Waals surface area contributed by atoms with Crippen LogP contribution in [0.4, 0.5) is 0 Å². The predicted octanol–water partition coefficient (Wildman–Crippen LogP) is 2.89. The van der Waals surface area contributed by atoms with E-state index < -0.39 is 0 Å². The Kier molecular flexibility index (Phi) is 1.75. The lowest BCUT2D eigenvalue weighted by molar-refractivity contribution is 0.616. The molecular weight excluding hydrogens is 188 g/mol. The summed E-state index contributed by atoms with van der Waals surface area (Å²) in [6, 6.07) is 11.7. The molecule has 0 amide bonds. The third kappa shape index (κ3) is 1.29. The van der Waals surface area contributed by atoms with Gasteiger partial charge in [0.15, 0.2) is 0 Å². The van der Waals surface area contributed by atoms with Gasteiger partial charge in [-0.05, 0) is 18.2 Å². The minimum Gasteiger partial charge on any atom is -0.464 e. The van der Waals surface area contributed by atoms with E-state index in [1.165, 1.54) is 0 Å². The smallest absolute Gasteiger partial charge is 0.134 e. The van der Waals surface area contributed by atoms with Gasteiger partial charge in [-0.3, -0.25) is 0 Å². The molecule has 0 aliphatic carbocycles. The van der Waals surface area contributed by atoms with Crippen LogP contribution in [0.2, 0.25) is 0 Å². The third-order valence-corrected chi connectivity index (χ3v) is 2.33. The second-order valence-corrected chi connectivity index (χ2v) is 3.25. The summed E-state index contributed by atoms with van der Waals surface area (Å²) in [6.45, 7) is 0. The predicted molar refractivity (Wildman–Crippen MR) is 57.2 cm³/mol. The zero-order valence-corrected chi connectivity index (χ0v) is 7.92. The van der Waals surface area contributed by atoms with Crippen LogP contribution in [0.25, 0.3) is 22.2 Å². The van der Waals surface area contributed by atoms with E-state index in [9.17, 15) is 0 Å². The maximum atomic E-state index is 5.44. The molecule has 3 heteroatoms. The van der Waals surface area contributed by atoms with Crippen molar-refractivity contribution in [2.45, 2.75) is 0 Å². The number of fused-ring (bicyclic) bond motifs is 1. The quantitative estimate of drug-likeness (QED) is 0.600. The van der Waals surface area contributed by atoms with E-state index in [4.69, 9.17) is 4.42 Å². The van der Waals surface area contributed by atoms with Crippen LogP contribution in [0.5, 0.6) is 0 Å². The average Bonchev–Trinajstić information content (AvgIpc) is 2.74. The molecule has 3 aromatic rings. The highest BCUT2D eigenvalue weighted by atomic mass is 16.3. The maximum Gasteiger partial charge on any atom is 0.134 e. The first-order valence-electron chi connectivity index (χ1n) is 4.69. The Balaban J connectivity index is 2.28. The van der Waals surface area contributed by atoms with Crippen molar-refractivity contribution in [3.05, 3.63) is 48.9 Å². The van der Waals surface area contributed by atoms with Crippen LogP contribution in [-0.4, -0.2) is 10.2 Å². The summed E-state index contributed by atoms with van der Waals surface area (Å²) in [5, 5.41) is 8.98. The Hall–Kier alpha value is -2.16. The molecule has 0 unspecified atom stereocenters. The second-order valence-electron chi connectivity index (χ2n) is 3.25. The highest BCUT2D eigenvalue weighted by molar-refractivity contribution is 5.92. The largest absolute Gasteiger partial charge is 0.464 e. The van der Waals surface area contributed by atoms with Gasteiger partial charge in [-0.15, -0.1) is 0 Å². The molecule has 2 heterocycles. The van der Waals surface area contributed by atoms with Gasteiger partial charge in [0.1, 0.15) is 11.8 Å². The van der Waals surface area contributed by atoms with Crippen molar-refractivity contribution in [1.82, 2.24) is 10.2 Å². The second kappa shape index (κ2) is 3.20. The molecular formula is C12H8N2O. The van der Waals surface area contributed by atoms with E-state index in [0.717, 1.165) is 22.2 Å². The van der Waals surface area contributed by atoms with E-state index in [-0.39, 0.29) is 0 Å². The van der Waals surface area contributed by atoms with Crippen molar-refractivity contribution in [1.29, 1.82) is 0 Å². The van der Waals surface area contributed by atoms with Crippen LogP contribution in [0.1, 0.15) is 0 Å². The Labute approximate surface area is 86.4 Å². The van der Waals surface area contributed by atoms with Crippen LogP contribution in [0.3, 0.4) is 0 Å². The molecule has 0 saturated carbocycles. The summed E-state index contributed by atoms with van der Waals surface area (Å²) < 4.78 is 5.44. The summed E-state index contributed by atoms with van der Waals surface area (Å²) in [6.07, 6.45) is 3.38. The fraction of sp³-hybridized carbons (Fsp3) is 0. The van der Waals surface area contributed by atoms with E-state index in [2.05, 4.69) is 10.2 Å². The highest BCUT2D eigenvalue weighted by Crippen LogP contribution is 2.28. The lowest BCUT2D eigenvalue weighted by Crippen LogP contribution is -1.83. The average molecular weight is 196 g/mol. The van der Waals surface area contributed by atoms with E-state index in [1.807, 2.05) is 36.4 Å². The van der Waals surface area contributed by atoms with Gasteiger partial charge in [-0.25, -0.2) is 0 Å². The molecule has 0 aliphatic heterocycles. The summed E-state index contributed by atoms with van der Waals surface area (Å²) in [7, 11) is 0. The van der Waals surface area contributed by atoms with Gasteiger partial charge in [0, 0.05) is 17.1 Å². The van der Waals surface area contributed by atoms with Gasteiger partial charge in [0.05, 0.1) is 5.69 Å². The number of nitrogens with zero attached hydrogens (tertiary/aromatic N) is 2. The number of furan rings is 1. The van der Waals surface area contributed by atoms with Crippen molar-refractivity contribution >= 4 is 11.0 Å². The molecule has 0 fully saturated rings. The highest BCUT2D eigenvalue weighted by Gasteiger charge is 2.07. The molecule has 0 saturated heterocycles. The third-order valence-electron chi connectivity index (χ3n) is 2.33. The van der Waals surface area contributed by atoms with Gasteiger partial charge in [-0.1, -0.05) is 18.2 Å². The Morgan fingerprint density at radius 3 is 2.80 bits per heavy atom. The molecule has 0 spiro atoms. The Bertz CT molecular complexity index is 587. The first-order chi connectivity index (χ1) is 7.45. The summed E-state index contributed by atoms with van der Waals surface area (Å²) in [5.41, 5.74) is 2.69. The summed E-state index contributed by atoms with van der Waals surface area (Å²) in [5.74, 6) is 0. The molecule has 0 N–H and O–H groups in total. The van der Waals surface area contributed by atoms with Crippen LogP contribution in [0, 0.1) is 0 Å². The first-order valence-corrected chi connectivity index (χ1v) is 4.69. The number of hydrogen-bond acceptors (Lipinski definition) is 3. The van der Waals surface area contributed by atoms with Crippen molar-refractivity contribution in [2.24, 2.45) is 0 Å². The molecule has 15 heavy (non-hydrogen) atoms. The molecule has 0 bridgehead atoms. The molecule has 3 nitrogen and oxygen atoms in total. The van der Waals surface area contributed by atoms with Crippen LogP contribution >= 0.6 is 0 Å². The normalized spacial score (nSPS) is 10.7. The first kappa shape index (κ1) is 8.17. The van der Waals surface area contributed by atoms with Crippen molar-refractivity contribution in [2.75, 3.05) is 0 Å². The summed E-state index contributed by atoms with van der Waals surface area (Å²) >= 11 is 0. The van der Waals surface area contributed by atoms with Gasteiger partial charge in [-0.2, -0.15) is 10.2 Å². The van der Waals surface area contributed by atoms with Crippen LogP contribution in [-0.2, 0) is 0 Å². The topological polar surface area (TPSA) is 38.9 Å². The van der Waals surface area contributed by atoms with E-state index >= 15 is 0 Å². The lowest BCUT2D eigenvalue weighted by atomic mass is 10.1. The van der Waals surface area contributed by atoms with Gasteiger partial charge in [0.2, 0.25) is 0 Å². The standard InChI is InChI=1S/C12H8N2O/c1-2-6-12-9(4-1)10(8-15-12)11-5-3-7-13-14-11/h1-8H. The molecule has 0 radical (unpaired) electrons. The van der Waals surface area contributed by atoms with Crippen molar-refractivity contribution in [3.8, 4) is 11.3 Å². The summed E-state index contributed by atoms with van der Waals surface area (Å²) in [4.78, 5) is 0. The number of hydrogen-bond donors (Lipinski definition) is 0. The molecule has 0 atom stereocenters. The Morgan fingerprint density at radius 1 is 1.00 bits per heavy atom. The van der Waals surface area contributed by atoms with Crippen molar-refractivity contribution in [3.63, 3.8) is 0 Å². The fourth-order valence-electron chi connectivity index (χ4n) is 1.62. The minimum atomic E-state index is 0.836.